The van der Waals surface area contributed by atoms with E-state index in [1.165, 1.54) is 18.7 Å². The van der Waals surface area contributed by atoms with Gasteiger partial charge in [0.1, 0.15) is 12.0 Å². The maximum Gasteiger partial charge on any atom is 0.411 e. The highest BCUT2D eigenvalue weighted by atomic mass is 19.4. The van der Waals surface area contributed by atoms with E-state index in [0.29, 0.717) is 16.9 Å². The summed E-state index contributed by atoms with van der Waals surface area (Å²) in [6.45, 7) is 2.69. The van der Waals surface area contributed by atoms with Crippen molar-refractivity contribution in [2.24, 2.45) is 0 Å². The Balaban J connectivity index is 2.05. The van der Waals surface area contributed by atoms with E-state index in [0.717, 1.165) is 16.6 Å². The lowest BCUT2D eigenvalue weighted by molar-refractivity contribution is -0.169. The number of aryl methyl sites for hydroxylation is 1. The zero-order valence-corrected chi connectivity index (χ0v) is 12.7. The van der Waals surface area contributed by atoms with Gasteiger partial charge in [0.2, 0.25) is 0 Å². The van der Waals surface area contributed by atoms with Gasteiger partial charge in [0.25, 0.3) is 0 Å². The van der Waals surface area contributed by atoms with Crippen LogP contribution in [0.25, 0.3) is 22.3 Å². The number of nitrogens with zero attached hydrogens (tertiary/aromatic N) is 6. The monoisotopic (exact) mass is 334 g/mol. The molecule has 0 spiro atoms. The zero-order valence-electron chi connectivity index (χ0n) is 12.7. The van der Waals surface area contributed by atoms with Crippen molar-refractivity contribution < 1.29 is 13.2 Å². The van der Waals surface area contributed by atoms with Crippen LogP contribution in [0.4, 0.5) is 13.2 Å². The standard InChI is InChI=1S/C15H13F3N6/c1-2-23-6-4-11-13(20-9-21-14(11)23)10-7-22-24(8-10)12(3-5-19)15(16,17)18/h4,6-9,12H,2-3H2,1H3. The molecule has 3 rings (SSSR count). The van der Waals surface area contributed by atoms with Gasteiger partial charge in [-0.1, -0.05) is 0 Å². The predicted molar refractivity (Wildman–Crippen MR) is 79.7 cm³/mol. The summed E-state index contributed by atoms with van der Waals surface area (Å²) in [5, 5.41) is 13.2. The molecule has 0 aliphatic heterocycles. The van der Waals surface area contributed by atoms with Gasteiger partial charge in [-0.3, -0.25) is 4.68 Å². The summed E-state index contributed by atoms with van der Waals surface area (Å²) in [7, 11) is 0. The quantitative estimate of drug-likeness (QED) is 0.733. The maximum absolute atomic E-state index is 13.1. The van der Waals surface area contributed by atoms with Crippen LogP contribution in [0.2, 0.25) is 0 Å². The van der Waals surface area contributed by atoms with E-state index in [4.69, 9.17) is 5.26 Å². The van der Waals surface area contributed by atoms with Gasteiger partial charge in [-0.25, -0.2) is 9.97 Å². The van der Waals surface area contributed by atoms with Crippen LogP contribution in [0.15, 0.2) is 31.0 Å². The van der Waals surface area contributed by atoms with Crippen LogP contribution in [-0.2, 0) is 6.54 Å². The first-order valence-electron chi connectivity index (χ1n) is 7.23. The fraction of sp³-hybridized carbons (Fsp3) is 0.333. The molecule has 1 unspecified atom stereocenters. The van der Waals surface area contributed by atoms with E-state index in [1.807, 2.05) is 23.8 Å². The lowest BCUT2D eigenvalue weighted by Crippen LogP contribution is -2.26. The summed E-state index contributed by atoms with van der Waals surface area (Å²) >= 11 is 0. The second-order valence-electron chi connectivity index (χ2n) is 5.19. The first-order chi connectivity index (χ1) is 11.5. The third kappa shape index (κ3) is 2.71. The number of alkyl halides is 3. The first-order valence-corrected chi connectivity index (χ1v) is 7.23. The molecular weight excluding hydrogens is 321 g/mol. The van der Waals surface area contributed by atoms with Crippen molar-refractivity contribution in [3.05, 3.63) is 31.0 Å². The molecule has 0 aromatic carbocycles. The van der Waals surface area contributed by atoms with E-state index in [1.54, 1.807) is 6.07 Å². The minimum Gasteiger partial charge on any atom is -0.333 e. The summed E-state index contributed by atoms with van der Waals surface area (Å²) in [4.78, 5) is 8.39. The number of halogens is 3. The first kappa shape index (κ1) is 16.0. The average molecular weight is 334 g/mol. The molecule has 0 radical (unpaired) electrons. The Morgan fingerprint density at radius 2 is 2.12 bits per heavy atom. The molecule has 0 aliphatic rings. The molecule has 24 heavy (non-hydrogen) atoms. The van der Waals surface area contributed by atoms with Gasteiger partial charge < -0.3 is 4.57 Å². The van der Waals surface area contributed by atoms with Crippen LogP contribution in [0.5, 0.6) is 0 Å². The van der Waals surface area contributed by atoms with Gasteiger partial charge >= 0.3 is 6.18 Å². The average Bonchev–Trinajstić information content (AvgIpc) is 3.17. The highest BCUT2D eigenvalue weighted by Gasteiger charge is 2.41. The molecule has 0 saturated heterocycles. The Morgan fingerprint density at radius 3 is 2.79 bits per heavy atom. The van der Waals surface area contributed by atoms with Crippen LogP contribution in [0.3, 0.4) is 0 Å². The predicted octanol–water partition coefficient (Wildman–Crippen LogP) is 3.33. The molecule has 6 nitrogen and oxygen atoms in total. The Morgan fingerprint density at radius 1 is 1.33 bits per heavy atom. The van der Waals surface area contributed by atoms with E-state index in [-0.39, 0.29) is 0 Å². The normalized spacial score (nSPS) is 13.1. The minimum atomic E-state index is -4.55. The Labute approximate surface area is 135 Å². The summed E-state index contributed by atoms with van der Waals surface area (Å²) in [5.41, 5.74) is 1.67. The Bertz CT molecular complexity index is 902. The molecule has 0 amide bonds. The molecule has 1 atom stereocenters. The van der Waals surface area contributed by atoms with Gasteiger partial charge in [0.05, 0.1) is 24.4 Å². The lowest BCUT2D eigenvalue weighted by atomic mass is 10.2. The molecule has 3 heterocycles. The minimum absolute atomic E-state index is 0.448. The summed E-state index contributed by atoms with van der Waals surface area (Å²) in [6, 6.07) is 1.40. The lowest BCUT2D eigenvalue weighted by Gasteiger charge is -2.17. The SMILES string of the molecule is CCn1ccc2c(-c3cnn(C(CC#N)C(F)(F)F)c3)ncnc21. The van der Waals surface area contributed by atoms with Crippen LogP contribution in [0, 0.1) is 11.3 Å². The van der Waals surface area contributed by atoms with Crippen molar-refractivity contribution in [2.45, 2.75) is 32.1 Å². The van der Waals surface area contributed by atoms with Crippen LogP contribution in [0.1, 0.15) is 19.4 Å². The van der Waals surface area contributed by atoms with Gasteiger partial charge in [0, 0.05) is 29.9 Å². The smallest absolute Gasteiger partial charge is 0.333 e. The second-order valence-corrected chi connectivity index (χ2v) is 5.19. The van der Waals surface area contributed by atoms with Gasteiger partial charge in [-0.15, -0.1) is 0 Å². The molecule has 9 heteroatoms. The molecule has 0 N–H and O–H groups in total. The Kier molecular flexibility index (Phi) is 3.97. The van der Waals surface area contributed by atoms with Crippen molar-refractivity contribution in [1.29, 1.82) is 5.26 Å². The number of rotatable bonds is 4. The van der Waals surface area contributed by atoms with Crippen LogP contribution >= 0.6 is 0 Å². The molecule has 3 aromatic rings. The number of hydrogen-bond acceptors (Lipinski definition) is 4. The third-order valence-corrected chi connectivity index (χ3v) is 3.75. The number of hydrogen-bond donors (Lipinski definition) is 0. The van der Waals surface area contributed by atoms with Crippen molar-refractivity contribution in [1.82, 2.24) is 24.3 Å². The van der Waals surface area contributed by atoms with E-state index in [2.05, 4.69) is 15.1 Å². The molecule has 0 fully saturated rings. The van der Waals surface area contributed by atoms with Crippen molar-refractivity contribution in [2.75, 3.05) is 0 Å². The summed E-state index contributed by atoms with van der Waals surface area (Å²) in [5.74, 6) is 0. The number of aromatic nitrogens is 5. The molecule has 0 bridgehead atoms. The van der Waals surface area contributed by atoms with Gasteiger partial charge in [-0.2, -0.15) is 23.5 Å². The molecular formula is C15H13F3N6. The highest BCUT2D eigenvalue weighted by Crippen LogP contribution is 2.34. The van der Waals surface area contributed by atoms with E-state index >= 15 is 0 Å². The van der Waals surface area contributed by atoms with Crippen LogP contribution < -0.4 is 0 Å². The van der Waals surface area contributed by atoms with Crippen LogP contribution in [-0.4, -0.2) is 30.5 Å². The van der Waals surface area contributed by atoms with E-state index < -0.39 is 18.6 Å². The highest BCUT2D eigenvalue weighted by molar-refractivity contribution is 5.90. The largest absolute Gasteiger partial charge is 0.411 e. The second kappa shape index (κ2) is 5.96. The fourth-order valence-corrected chi connectivity index (χ4v) is 2.57. The van der Waals surface area contributed by atoms with Gasteiger partial charge in [-0.05, 0) is 13.0 Å². The summed E-state index contributed by atoms with van der Waals surface area (Å²) in [6.07, 6.45) is 0.558. The van der Waals surface area contributed by atoms with Gasteiger partial charge in [0.15, 0.2) is 6.04 Å². The topological polar surface area (TPSA) is 72.3 Å². The molecule has 0 aliphatic carbocycles. The molecule has 124 valence electrons. The van der Waals surface area contributed by atoms with Crippen molar-refractivity contribution in [3.8, 4) is 17.3 Å². The summed E-state index contributed by atoms with van der Waals surface area (Å²) < 4.78 is 41.9. The van der Waals surface area contributed by atoms with Crippen molar-refractivity contribution >= 4 is 11.0 Å². The fourth-order valence-electron chi connectivity index (χ4n) is 2.57. The maximum atomic E-state index is 13.1. The third-order valence-electron chi connectivity index (χ3n) is 3.75. The number of fused-ring (bicyclic) bond motifs is 1. The molecule has 3 aromatic heterocycles. The number of nitriles is 1. The van der Waals surface area contributed by atoms with E-state index in [9.17, 15) is 13.2 Å². The van der Waals surface area contributed by atoms with Crippen molar-refractivity contribution in [3.63, 3.8) is 0 Å². The zero-order chi connectivity index (χ0) is 17.3. The Hall–Kier alpha value is -2.89. The molecule has 0 saturated carbocycles.